The minimum Gasteiger partial charge on any atom is -0.348 e. The van der Waals surface area contributed by atoms with E-state index >= 15 is 0 Å². The first-order chi connectivity index (χ1) is 7.64. The number of ether oxygens (including phenoxy) is 2. The van der Waals surface area contributed by atoms with E-state index in [-0.39, 0.29) is 11.2 Å². The summed E-state index contributed by atoms with van der Waals surface area (Å²) in [5.74, 6) is 0.406. The van der Waals surface area contributed by atoms with Crippen molar-refractivity contribution in [3.05, 3.63) is 23.8 Å². The predicted molar refractivity (Wildman–Crippen MR) is 63.0 cm³/mol. The van der Waals surface area contributed by atoms with Gasteiger partial charge in [-0.25, -0.2) is 0 Å². The highest BCUT2D eigenvalue weighted by atomic mass is 16.7. The molecule has 88 valence electrons. The molecule has 1 aliphatic heterocycles. The third kappa shape index (κ3) is 1.47. The van der Waals surface area contributed by atoms with Crippen LogP contribution in [0.1, 0.15) is 33.1 Å². The van der Waals surface area contributed by atoms with E-state index in [4.69, 9.17) is 9.47 Å². The van der Waals surface area contributed by atoms with E-state index in [1.807, 2.05) is 0 Å². The molecule has 2 fully saturated rings. The van der Waals surface area contributed by atoms with Gasteiger partial charge in [0.05, 0.1) is 13.2 Å². The smallest absolute Gasteiger partial charge is 0.169 e. The summed E-state index contributed by atoms with van der Waals surface area (Å²) in [5, 5.41) is 0. The molecule has 0 aromatic heterocycles. The van der Waals surface area contributed by atoms with E-state index in [0.29, 0.717) is 5.92 Å². The summed E-state index contributed by atoms with van der Waals surface area (Å²) in [4.78, 5) is 0. The Labute approximate surface area is 97.3 Å². The maximum atomic E-state index is 5.86. The van der Waals surface area contributed by atoms with Gasteiger partial charge in [0.2, 0.25) is 0 Å². The second kappa shape index (κ2) is 3.44. The van der Waals surface area contributed by atoms with Crippen LogP contribution in [0.4, 0.5) is 0 Å². The maximum Gasteiger partial charge on any atom is 0.169 e. The topological polar surface area (TPSA) is 18.5 Å². The Morgan fingerprint density at radius 3 is 2.81 bits per heavy atom. The van der Waals surface area contributed by atoms with Gasteiger partial charge in [-0.05, 0) is 24.7 Å². The van der Waals surface area contributed by atoms with Gasteiger partial charge < -0.3 is 9.47 Å². The third-order valence-corrected chi connectivity index (χ3v) is 4.46. The summed E-state index contributed by atoms with van der Waals surface area (Å²) in [6.07, 6.45) is 10.0. The Hall–Kier alpha value is -0.600. The van der Waals surface area contributed by atoms with Gasteiger partial charge >= 0.3 is 0 Å². The zero-order valence-corrected chi connectivity index (χ0v) is 10.2. The average Bonchev–Trinajstić information content (AvgIpc) is 2.65. The first-order valence-corrected chi connectivity index (χ1v) is 6.28. The number of fused-ring (bicyclic) bond motifs is 1. The van der Waals surface area contributed by atoms with E-state index in [1.54, 1.807) is 0 Å². The molecule has 0 bridgehead atoms. The fraction of sp³-hybridized carbons (Fsp3) is 0.714. The van der Waals surface area contributed by atoms with Gasteiger partial charge in [0.1, 0.15) is 0 Å². The molecule has 3 aliphatic rings. The van der Waals surface area contributed by atoms with Crippen molar-refractivity contribution in [2.45, 2.75) is 38.9 Å². The minimum absolute atomic E-state index is 0.224. The monoisotopic (exact) mass is 220 g/mol. The number of allylic oxidation sites excluding steroid dienone is 4. The highest BCUT2D eigenvalue weighted by molar-refractivity contribution is 5.27. The molecule has 0 radical (unpaired) electrons. The molecule has 2 heteroatoms. The Morgan fingerprint density at radius 2 is 2.06 bits per heavy atom. The molecule has 16 heavy (non-hydrogen) atoms. The molecular weight excluding hydrogens is 200 g/mol. The van der Waals surface area contributed by atoms with Crippen molar-refractivity contribution in [3.63, 3.8) is 0 Å². The van der Waals surface area contributed by atoms with Crippen LogP contribution in [0.15, 0.2) is 23.8 Å². The molecule has 1 saturated heterocycles. The van der Waals surface area contributed by atoms with Gasteiger partial charge in [0, 0.05) is 12.8 Å². The van der Waals surface area contributed by atoms with Gasteiger partial charge in [-0.15, -0.1) is 0 Å². The van der Waals surface area contributed by atoms with Gasteiger partial charge in [-0.2, -0.15) is 0 Å². The highest BCUT2D eigenvalue weighted by Crippen LogP contribution is 2.53. The van der Waals surface area contributed by atoms with Crippen LogP contribution in [0, 0.1) is 11.3 Å². The molecule has 0 aromatic carbocycles. The molecule has 2 atom stereocenters. The summed E-state index contributed by atoms with van der Waals surface area (Å²) in [6.45, 7) is 6.12. The van der Waals surface area contributed by atoms with Crippen LogP contribution in [0.5, 0.6) is 0 Å². The molecule has 0 amide bonds. The SMILES string of the molecule is CC1=CC=C[C@]2(C)CC3(CC[C@H]12)OCCO3. The van der Waals surface area contributed by atoms with Crippen LogP contribution < -0.4 is 0 Å². The van der Waals surface area contributed by atoms with Crippen molar-refractivity contribution < 1.29 is 9.47 Å². The van der Waals surface area contributed by atoms with Crippen LogP contribution in [-0.2, 0) is 9.47 Å². The van der Waals surface area contributed by atoms with Crippen LogP contribution in [0.2, 0.25) is 0 Å². The maximum absolute atomic E-state index is 5.86. The van der Waals surface area contributed by atoms with E-state index in [9.17, 15) is 0 Å². The molecule has 1 saturated carbocycles. The van der Waals surface area contributed by atoms with Gasteiger partial charge in [-0.1, -0.05) is 30.7 Å². The highest BCUT2D eigenvalue weighted by Gasteiger charge is 2.50. The molecule has 3 rings (SSSR count). The molecule has 0 N–H and O–H groups in total. The molecule has 1 spiro atoms. The summed E-state index contributed by atoms with van der Waals surface area (Å²) in [6, 6.07) is 0. The summed E-state index contributed by atoms with van der Waals surface area (Å²) < 4.78 is 11.7. The predicted octanol–water partition coefficient (Wildman–Crippen LogP) is 3.05. The van der Waals surface area contributed by atoms with Crippen molar-refractivity contribution >= 4 is 0 Å². The van der Waals surface area contributed by atoms with Gasteiger partial charge in [0.15, 0.2) is 5.79 Å². The summed E-state index contributed by atoms with van der Waals surface area (Å²) in [5.41, 5.74) is 1.74. The second-order valence-corrected chi connectivity index (χ2v) is 5.65. The molecular formula is C14H20O2. The molecule has 2 aliphatic carbocycles. The zero-order valence-electron chi connectivity index (χ0n) is 10.2. The third-order valence-electron chi connectivity index (χ3n) is 4.46. The van der Waals surface area contributed by atoms with Crippen molar-refractivity contribution in [2.75, 3.05) is 13.2 Å². The van der Waals surface area contributed by atoms with Crippen LogP contribution in [-0.4, -0.2) is 19.0 Å². The number of rotatable bonds is 0. The molecule has 0 aromatic rings. The first-order valence-electron chi connectivity index (χ1n) is 6.28. The standard InChI is InChI=1S/C14H20O2/c1-11-4-3-6-13(2)10-14(7-5-12(11)13)15-8-9-16-14/h3-4,6,12H,5,7-10H2,1-2H3/t12-,13-/m1/s1. The van der Waals surface area contributed by atoms with Crippen molar-refractivity contribution in [1.82, 2.24) is 0 Å². The quantitative estimate of drug-likeness (QED) is 0.624. The lowest BCUT2D eigenvalue weighted by molar-refractivity contribution is -0.201. The lowest BCUT2D eigenvalue weighted by Gasteiger charge is -2.48. The van der Waals surface area contributed by atoms with E-state index in [2.05, 4.69) is 32.1 Å². The molecule has 2 nitrogen and oxygen atoms in total. The lowest BCUT2D eigenvalue weighted by atomic mass is 9.61. The second-order valence-electron chi connectivity index (χ2n) is 5.65. The number of hydrogen-bond acceptors (Lipinski definition) is 2. The largest absolute Gasteiger partial charge is 0.348 e. The fourth-order valence-electron chi connectivity index (χ4n) is 3.69. The van der Waals surface area contributed by atoms with E-state index in [0.717, 1.165) is 26.1 Å². The zero-order chi connectivity index (χ0) is 11.2. The summed E-state index contributed by atoms with van der Waals surface area (Å²) >= 11 is 0. The Balaban J connectivity index is 1.88. The first kappa shape index (κ1) is 10.5. The van der Waals surface area contributed by atoms with Gasteiger partial charge in [0.25, 0.3) is 0 Å². The van der Waals surface area contributed by atoms with Crippen LogP contribution in [0.25, 0.3) is 0 Å². The average molecular weight is 220 g/mol. The number of hydrogen-bond donors (Lipinski definition) is 0. The molecule has 1 heterocycles. The summed E-state index contributed by atoms with van der Waals surface area (Å²) in [7, 11) is 0. The Kier molecular flexibility index (Phi) is 2.27. The Morgan fingerprint density at radius 1 is 1.31 bits per heavy atom. The van der Waals surface area contributed by atoms with Crippen molar-refractivity contribution in [1.29, 1.82) is 0 Å². The Bertz CT molecular complexity index is 350. The van der Waals surface area contributed by atoms with Crippen LogP contribution in [0.3, 0.4) is 0 Å². The molecule has 0 unspecified atom stereocenters. The lowest BCUT2D eigenvalue weighted by Crippen LogP contribution is -2.45. The van der Waals surface area contributed by atoms with Crippen molar-refractivity contribution in [2.24, 2.45) is 11.3 Å². The fourth-order valence-corrected chi connectivity index (χ4v) is 3.69. The van der Waals surface area contributed by atoms with Crippen LogP contribution >= 0.6 is 0 Å². The van der Waals surface area contributed by atoms with Gasteiger partial charge in [-0.3, -0.25) is 0 Å². The van der Waals surface area contributed by atoms with E-state index < -0.39 is 0 Å². The van der Waals surface area contributed by atoms with Crippen molar-refractivity contribution in [3.8, 4) is 0 Å². The minimum atomic E-state index is -0.271. The van der Waals surface area contributed by atoms with E-state index in [1.165, 1.54) is 12.0 Å². The normalized spacial score (nSPS) is 40.9.